The molecule has 0 saturated heterocycles. The molecule has 0 saturated carbocycles. The molecule has 0 fully saturated rings. The van der Waals surface area contributed by atoms with Gasteiger partial charge in [-0.15, -0.1) is 0 Å². The quantitative estimate of drug-likeness (QED) is 0.840. The van der Waals surface area contributed by atoms with Crippen LogP contribution in [-0.4, -0.2) is 18.2 Å². The molecule has 1 heterocycles. The number of amides is 1. The molecule has 0 aliphatic rings. The lowest BCUT2D eigenvalue weighted by Gasteiger charge is -2.07. The van der Waals surface area contributed by atoms with Crippen molar-refractivity contribution in [2.45, 2.75) is 11.9 Å². The van der Waals surface area contributed by atoms with E-state index >= 15 is 0 Å². The molecule has 0 bridgehead atoms. The Morgan fingerprint density at radius 2 is 2.00 bits per heavy atom. The first kappa shape index (κ1) is 15.3. The first-order valence-corrected chi connectivity index (χ1v) is 7.43. The van der Waals surface area contributed by atoms with Gasteiger partial charge in [0.1, 0.15) is 5.75 Å². The molecule has 0 radical (unpaired) electrons. The van der Waals surface area contributed by atoms with Crippen LogP contribution in [0.1, 0.15) is 11.1 Å². The van der Waals surface area contributed by atoms with E-state index in [0.717, 1.165) is 16.9 Å². The molecule has 2 rings (SSSR count). The molecule has 5 nitrogen and oxygen atoms in total. The second-order valence-electron chi connectivity index (χ2n) is 4.23. The molecule has 1 aromatic heterocycles. The Morgan fingerprint density at radius 1 is 1.24 bits per heavy atom. The predicted molar refractivity (Wildman–Crippen MR) is 82.7 cm³/mol. The van der Waals surface area contributed by atoms with E-state index in [1.54, 1.807) is 19.4 Å². The van der Waals surface area contributed by atoms with E-state index in [4.69, 9.17) is 9.47 Å². The Kier molecular flexibility index (Phi) is 5.57. The lowest BCUT2D eigenvalue weighted by Crippen LogP contribution is -2.26. The summed E-state index contributed by atoms with van der Waals surface area (Å²) < 4.78 is 10.2. The van der Waals surface area contributed by atoms with Crippen molar-refractivity contribution < 1.29 is 14.3 Å². The van der Waals surface area contributed by atoms with Crippen LogP contribution in [0.5, 0.6) is 11.6 Å². The zero-order valence-corrected chi connectivity index (χ0v) is 13.1. The number of benzene rings is 1. The van der Waals surface area contributed by atoms with Gasteiger partial charge in [0.25, 0.3) is 0 Å². The number of nitrogens with one attached hydrogen (secondary N) is 1. The van der Waals surface area contributed by atoms with Gasteiger partial charge in [-0.3, -0.25) is 0 Å². The number of aromatic nitrogens is 1. The first-order valence-electron chi connectivity index (χ1n) is 6.31. The Bertz CT molecular complexity index is 602. The van der Waals surface area contributed by atoms with E-state index in [0.29, 0.717) is 11.9 Å². The highest BCUT2D eigenvalue weighted by molar-refractivity contribution is 9.08. The summed E-state index contributed by atoms with van der Waals surface area (Å²) in [6.45, 7) is 0.376. The number of nitrogens with zero attached hydrogens (tertiary/aromatic N) is 1. The van der Waals surface area contributed by atoms with Gasteiger partial charge >= 0.3 is 6.09 Å². The second-order valence-corrected chi connectivity index (χ2v) is 4.79. The van der Waals surface area contributed by atoms with E-state index in [1.165, 1.54) is 0 Å². The molecule has 0 spiro atoms. The molecule has 2 aromatic rings. The third kappa shape index (κ3) is 4.75. The third-order valence-electron chi connectivity index (χ3n) is 2.75. The molecular formula is C15H15BrN2O3. The highest BCUT2D eigenvalue weighted by Gasteiger charge is 2.06. The molecule has 1 aromatic carbocycles. The van der Waals surface area contributed by atoms with E-state index in [-0.39, 0.29) is 5.88 Å². The van der Waals surface area contributed by atoms with Gasteiger partial charge in [-0.25, -0.2) is 9.78 Å². The normalized spacial score (nSPS) is 10.0. The van der Waals surface area contributed by atoms with Crippen LogP contribution in [0.3, 0.4) is 0 Å². The van der Waals surface area contributed by atoms with Crippen molar-refractivity contribution in [2.24, 2.45) is 0 Å². The number of pyridine rings is 1. The van der Waals surface area contributed by atoms with Gasteiger partial charge in [0.15, 0.2) is 0 Å². The fraction of sp³-hybridized carbons (Fsp3) is 0.200. The van der Waals surface area contributed by atoms with E-state index in [1.807, 2.05) is 30.3 Å². The maximum absolute atomic E-state index is 11.7. The minimum atomic E-state index is -0.537. The monoisotopic (exact) mass is 350 g/mol. The standard InChI is InChI=1S/C15H15BrN2O3/c1-20-13-4-2-11(3-5-13)10-18-15(19)21-14-8-12(9-16)6-7-17-14/h2-8H,9-10H2,1H3,(H,18,19). The summed E-state index contributed by atoms with van der Waals surface area (Å²) in [6.07, 6.45) is 1.06. The van der Waals surface area contributed by atoms with Crippen LogP contribution in [0.15, 0.2) is 42.6 Å². The number of carbonyl (C=O) groups excluding carboxylic acids is 1. The summed E-state index contributed by atoms with van der Waals surface area (Å²) >= 11 is 3.34. The van der Waals surface area contributed by atoms with Gasteiger partial charge in [-0.2, -0.15) is 0 Å². The molecule has 1 amide bonds. The smallest absolute Gasteiger partial charge is 0.414 e. The van der Waals surface area contributed by atoms with Crippen molar-refractivity contribution in [3.63, 3.8) is 0 Å². The highest BCUT2D eigenvalue weighted by Crippen LogP contribution is 2.13. The van der Waals surface area contributed by atoms with Crippen LogP contribution in [0, 0.1) is 0 Å². The number of rotatable bonds is 5. The second kappa shape index (κ2) is 7.64. The maximum atomic E-state index is 11.7. The Hall–Kier alpha value is -2.08. The topological polar surface area (TPSA) is 60.5 Å². The van der Waals surface area contributed by atoms with Crippen LogP contribution >= 0.6 is 15.9 Å². The number of halogens is 1. The minimum Gasteiger partial charge on any atom is -0.497 e. The molecule has 0 aliphatic carbocycles. The van der Waals surface area contributed by atoms with Gasteiger partial charge in [0, 0.05) is 24.1 Å². The summed E-state index contributed by atoms with van der Waals surface area (Å²) in [5.41, 5.74) is 1.94. The third-order valence-corrected chi connectivity index (χ3v) is 3.39. The van der Waals surface area contributed by atoms with Crippen molar-refractivity contribution in [3.8, 4) is 11.6 Å². The van der Waals surface area contributed by atoms with Gasteiger partial charge in [0.05, 0.1) is 7.11 Å². The lowest BCUT2D eigenvalue weighted by molar-refractivity contribution is 0.198. The van der Waals surface area contributed by atoms with Crippen molar-refractivity contribution in [1.29, 1.82) is 0 Å². The fourth-order valence-corrected chi connectivity index (χ4v) is 1.99. The van der Waals surface area contributed by atoms with Crippen LogP contribution in [0.4, 0.5) is 4.79 Å². The molecular weight excluding hydrogens is 336 g/mol. The molecule has 0 unspecified atom stereocenters. The Morgan fingerprint density at radius 3 is 2.67 bits per heavy atom. The Balaban J connectivity index is 1.86. The zero-order chi connectivity index (χ0) is 15.1. The molecule has 0 aliphatic heterocycles. The van der Waals surface area contributed by atoms with Crippen LogP contribution < -0.4 is 14.8 Å². The van der Waals surface area contributed by atoms with Crippen molar-refractivity contribution in [2.75, 3.05) is 7.11 Å². The summed E-state index contributed by atoms with van der Waals surface area (Å²) in [5.74, 6) is 1.05. The zero-order valence-electron chi connectivity index (χ0n) is 11.5. The predicted octanol–water partition coefficient (Wildman–Crippen LogP) is 3.27. The number of methoxy groups -OCH3 is 1. The van der Waals surface area contributed by atoms with Crippen molar-refractivity contribution in [3.05, 3.63) is 53.7 Å². The summed E-state index contributed by atoms with van der Waals surface area (Å²) in [5, 5.41) is 3.35. The van der Waals surface area contributed by atoms with E-state index in [9.17, 15) is 4.79 Å². The van der Waals surface area contributed by atoms with Gasteiger partial charge in [-0.1, -0.05) is 28.1 Å². The maximum Gasteiger partial charge on any atom is 0.414 e. The van der Waals surface area contributed by atoms with E-state index < -0.39 is 6.09 Å². The molecule has 110 valence electrons. The van der Waals surface area contributed by atoms with Crippen molar-refractivity contribution >= 4 is 22.0 Å². The summed E-state index contributed by atoms with van der Waals surface area (Å²) in [7, 11) is 1.61. The summed E-state index contributed by atoms with van der Waals surface area (Å²) in [4.78, 5) is 15.7. The largest absolute Gasteiger partial charge is 0.497 e. The number of hydrogen-bond acceptors (Lipinski definition) is 4. The number of carbonyl (C=O) groups is 1. The van der Waals surface area contributed by atoms with Gasteiger partial charge in [-0.05, 0) is 29.3 Å². The number of hydrogen-bond donors (Lipinski definition) is 1. The van der Waals surface area contributed by atoms with E-state index in [2.05, 4.69) is 26.2 Å². The minimum absolute atomic E-state index is 0.277. The summed E-state index contributed by atoms with van der Waals surface area (Å²) in [6, 6.07) is 11.0. The lowest BCUT2D eigenvalue weighted by atomic mass is 10.2. The van der Waals surface area contributed by atoms with Crippen LogP contribution in [0.2, 0.25) is 0 Å². The first-order chi connectivity index (χ1) is 10.2. The average Bonchev–Trinajstić information content (AvgIpc) is 2.53. The number of alkyl halides is 1. The molecule has 0 atom stereocenters. The number of ether oxygens (including phenoxy) is 2. The highest BCUT2D eigenvalue weighted by atomic mass is 79.9. The van der Waals surface area contributed by atoms with Crippen LogP contribution in [-0.2, 0) is 11.9 Å². The Labute approximate surface area is 131 Å². The molecule has 6 heteroatoms. The van der Waals surface area contributed by atoms with Gasteiger partial charge in [0.2, 0.25) is 5.88 Å². The molecule has 1 N–H and O–H groups in total. The average molecular weight is 351 g/mol. The molecule has 21 heavy (non-hydrogen) atoms. The van der Waals surface area contributed by atoms with Gasteiger partial charge < -0.3 is 14.8 Å². The van der Waals surface area contributed by atoms with Crippen molar-refractivity contribution in [1.82, 2.24) is 10.3 Å². The SMILES string of the molecule is COc1ccc(CNC(=O)Oc2cc(CBr)ccn2)cc1. The van der Waals surface area contributed by atoms with Crippen LogP contribution in [0.25, 0.3) is 0 Å². The fourth-order valence-electron chi connectivity index (χ4n) is 1.64.